The van der Waals surface area contributed by atoms with Crippen LogP contribution in [0.25, 0.3) is 0 Å². The summed E-state index contributed by atoms with van der Waals surface area (Å²) in [5.41, 5.74) is 0. The van der Waals surface area contributed by atoms with E-state index in [1.165, 1.54) is 96.3 Å². The van der Waals surface area contributed by atoms with E-state index in [0.717, 1.165) is 19.4 Å². The van der Waals surface area contributed by atoms with Crippen LogP contribution in [0.2, 0.25) is 18.1 Å². The molecule has 0 aromatic rings. The van der Waals surface area contributed by atoms with Crippen LogP contribution in [0.15, 0.2) is 0 Å². The third-order valence-electron chi connectivity index (χ3n) is 6.53. The lowest BCUT2D eigenvalue weighted by molar-refractivity contribution is 0.296. The summed E-state index contributed by atoms with van der Waals surface area (Å²) in [5.74, 6) is 6.65. The first-order valence-electron chi connectivity index (χ1n) is 12.9. The van der Waals surface area contributed by atoms with E-state index in [1.807, 2.05) is 0 Å². The first kappa shape index (κ1) is 28.7. The van der Waals surface area contributed by atoms with Gasteiger partial charge in [0.05, 0.1) is 0 Å². The monoisotopic (exact) mass is 422 g/mol. The van der Waals surface area contributed by atoms with E-state index in [-0.39, 0.29) is 0 Å². The molecule has 0 aliphatic carbocycles. The van der Waals surface area contributed by atoms with Crippen LogP contribution in [0.3, 0.4) is 0 Å². The molecule has 0 spiro atoms. The maximum Gasteiger partial charge on any atom is 0.192 e. The van der Waals surface area contributed by atoms with Crippen molar-refractivity contribution in [3.8, 4) is 11.8 Å². The van der Waals surface area contributed by atoms with Crippen molar-refractivity contribution >= 4 is 8.32 Å². The van der Waals surface area contributed by atoms with Crippen molar-refractivity contribution in [2.45, 2.75) is 155 Å². The minimum atomic E-state index is -1.59. The lowest BCUT2D eigenvalue weighted by atomic mass is 10.0. The number of hydrogen-bond acceptors (Lipinski definition) is 1. The van der Waals surface area contributed by atoms with Crippen LogP contribution in [0.1, 0.15) is 137 Å². The Balaban J connectivity index is 3.30. The van der Waals surface area contributed by atoms with Gasteiger partial charge in [-0.25, -0.2) is 0 Å². The standard InChI is InChI=1S/C27H54OSi/c1-7-8-9-10-11-12-13-14-15-16-17-18-19-20-21-22-23-24-25-26-28-29(5,6)27(2,3)4/h7-22,25-26H2,1-6H3. The van der Waals surface area contributed by atoms with Gasteiger partial charge >= 0.3 is 0 Å². The van der Waals surface area contributed by atoms with Gasteiger partial charge in [-0.15, -0.1) is 11.8 Å². The molecule has 0 saturated heterocycles. The summed E-state index contributed by atoms with van der Waals surface area (Å²) in [7, 11) is -1.59. The van der Waals surface area contributed by atoms with E-state index in [2.05, 4.69) is 52.6 Å². The highest BCUT2D eigenvalue weighted by Crippen LogP contribution is 2.36. The van der Waals surface area contributed by atoms with Gasteiger partial charge in [-0.05, 0) is 24.6 Å². The van der Waals surface area contributed by atoms with Gasteiger partial charge in [-0.1, -0.05) is 118 Å². The van der Waals surface area contributed by atoms with Crippen molar-refractivity contribution in [3.05, 3.63) is 0 Å². The summed E-state index contributed by atoms with van der Waals surface area (Å²) in [6.07, 6.45) is 23.3. The molecule has 0 atom stereocenters. The van der Waals surface area contributed by atoms with Crippen LogP contribution in [-0.4, -0.2) is 14.9 Å². The molecule has 0 rings (SSSR count). The highest BCUT2D eigenvalue weighted by atomic mass is 28.4. The second-order valence-electron chi connectivity index (χ2n) is 10.4. The molecule has 0 bridgehead atoms. The van der Waals surface area contributed by atoms with Crippen LogP contribution >= 0.6 is 0 Å². The average molecular weight is 423 g/mol. The Hall–Kier alpha value is -0.263. The molecule has 0 aromatic carbocycles. The quantitative estimate of drug-likeness (QED) is 0.121. The minimum Gasteiger partial charge on any atom is -0.416 e. The largest absolute Gasteiger partial charge is 0.416 e. The fourth-order valence-corrected chi connectivity index (χ4v) is 4.38. The van der Waals surface area contributed by atoms with Gasteiger partial charge in [0, 0.05) is 19.4 Å². The molecular weight excluding hydrogens is 368 g/mol. The Labute approximate surface area is 186 Å². The van der Waals surface area contributed by atoms with Crippen LogP contribution in [0.4, 0.5) is 0 Å². The van der Waals surface area contributed by atoms with E-state index >= 15 is 0 Å². The van der Waals surface area contributed by atoms with Crippen molar-refractivity contribution in [2.24, 2.45) is 0 Å². The van der Waals surface area contributed by atoms with Gasteiger partial charge in [0.15, 0.2) is 8.32 Å². The van der Waals surface area contributed by atoms with Gasteiger partial charge in [-0.2, -0.15) is 0 Å². The third-order valence-corrected chi connectivity index (χ3v) is 11.1. The number of unbranched alkanes of at least 4 members (excludes halogenated alkanes) is 15. The van der Waals surface area contributed by atoms with Gasteiger partial charge in [0.1, 0.15) is 0 Å². The smallest absolute Gasteiger partial charge is 0.192 e. The molecule has 0 aromatic heterocycles. The molecule has 0 amide bonds. The zero-order valence-corrected chi connectivity index (χ0v) is 22.1. The highest BCUT2D eigenvalue weighted by Gasteiger charge is 2.36. The zero-order valence-electron chi connectivity index (χ0n) is 21.1. The summed E-state index contributed by atoms with van der Waals surface area (Å²) < 4.78 is 6.16. The number of rotatable bonds is 18. The normalized spacial score (nSPS) is 12.1. The van der Waals surface area contributed by atoms with E-state index in [9.17, 15) is 0 Å². The van der Waals surface area contributed by atoms with Crippen LogP contribution in [0.5, 0.6) is 0 Å². The fourth-order valence-electron chi connectivity index (χ4n) is 3.34. The molecule has 1 nitrogen and oxygen atoms in total. The van der Waals surface area contributed by atoms with Crippen LogP contribution in [0, 0.1) is 11.8 Å². The molecule has 29 heavy (non-hydrogen) atoms. The number of hydrogen-bond donors (Lipinski definition) is 0. The minimum absolute atomic E-state index is 0.300. The molecule has 0 unspecified atom stereocenters. The van der Waals surface area contributed by atoms with E-state index < -0.39 is 8.32 Å². The Kier molecular flexibility index (Phi) is 18.3. The second-order valence-corrected chi connectivity index (χ2v) is 15.2. The summed E-state index contributed by atoms with van der Waals surface area (Å²) in [6, 6.07) is 0. The first-order chi connectivity index (χ1) is 13.8. The topological polar surface area (TPSA) is 9.23 Å². The predicted octanol–water partition coefficient (Wildman–Crippen LogP) is 9.66. The van der Waals surface area contributed by atoms with Crippen molar-refractivity contribution in [3.63, 3.8) is 0 Å². The molecule has 0 radical (unpaired) electrons. The summed E-state index contributed by atoms with van der Waals surface area (Å²) >= 11 is 0. The molecular formula is C27H54OSi. The first-order valence-corrected chi connectivity index (χ1v) is 15.8. The van der Waals surface area contributed by atoms with Crippen molar-refractivity contribution in [1.29, 1.82) is 0 Å². The molecule has 0 heterocycles. The van der Waals surface area contributed by atoms with Crippen LogP contribution < -0.4 is 0 Å². The van der Waals surface area contributed by atoms with E-state index in [4.69, 9.17) is 4.43 Å². The Morgan fingerprint density at radius 2 is 0.966 bits per heavy atom. The van der Waals surface area contributed by atoms with Crippen molar-refractivity contribution in [1.82, 2.24) is 0 Å². The van der Waals surface area contributed by atoms with Gasteiger partial charge < -0.3 is 4.43 Å². The van der Waals surface area contributed by atoms with Gasteiger partial charge in [-0.3, -0.25) is 0 Å². The molecule has 0 N–H and O–H groups in total. The SMILES string of the molecule is CCCCCCCCCCCCCCCCCC#CCCO[Si](C)(C)C(C)(C)C. The summed E-state index contributed by atoms with van der Waals surface area (Å²) in [4.78, 5) is 0. The lowest BCUT2D eigenvalue weighted by Gasteiger charge is -2.35. The molecule has 0 fully saturated rings. The predicted molar refractivity (Wildman–Crippen MR) is 135 cm³/mol. The summed E-state index contributed by atoms with van der Waals surface area (Å²) in [6.45, 7) is 14.6. The Morgan fingerprint density at radius 1 is 0.586 bits per heavy atom. The van der Waals surface area contributed by atoms with Crippen molar-refractivity contribution < 1.29 is 4.43 Å². The molecule has 172 valence electrons. The van der Waals surface area contributed by atoms with E-state index in [1.54, 1.807) is 0 Å². The molecule has 0 saturated carbocycles. The zero-order chi connectivity index (χ0) is 21.8. The Morgan fingerprint density at radius 3 is 1.38 bits per heavy atom. The molecule has 0 aliphatic rings. The Bertz CT molecular complexity index is 410. The maximum absolute atomic E-state index is 6.16. The van der Waals surface area contributed by atoms with Crippen LogP contribution in [-0.2, 0) is 4.43 Å². The van der Waals surface area contributed by atoms with Crippen molar-refractivity contribution in [2.75, 3.05) is 6.61 Å². The average Bonchev–Trinajstić information content (AvgIpc) is 2.65. The van der Waals surface area contributed by atoms with Gasteiger partial charge in [0.25, 0.3) is 0 Å². The fraction of sp³-hybridized carbons (Fsp3) is 0.926. The van der Waals surface area contributed by atoms with Gasteiger partial charge in [0.2, 0.25) is 0 Å². The molecule has 0 aliphatic heterocycles. The lowest BCUT2D eigenvalue weighted by Crippen LogP contribution is -2.40. The molecule has 2 heteroatoms. The maximum atomic E-state index is 6.16. The third kappa shape index (κ3) is 18.2. The second kappa shape index (κ2) is 18.5. The summed E-state index contributed by atoms with van der Waals surface area (Å²) in [5, 5.41) is 0.300. The van der Waals surface area contributed by atoms with E-state index in [0.29, 0.717) is 5.04 Å². The highest BCUT2D eigenvalue weighted by molar-refractivity contribution is 6.74.